The molecule has 1 amide bonds. The Hall–Kier alpha value is -3.40. The van der Waals surface area contributed by atoms with Crippen molar-refractivity contribution < 1.29 is 27.5 Å². The van der Waals surface area contributed by atoms with Crippen LogP contribution >= 0.6 is 11.6 Å². The first kappa shape index (κ1) is 26.2. The number of hydrogen-bond donors (Lipinski definition) is 1. The van der Waals surface area contributed by atoms with Crippen molar-refractivity contribution in [3.05, 3.63) is 82.9 Å². The molecular weight excluding hydrogens is 492 g/mol. The number of sulfonamides is 1. The predicted octanol–water partition coefficient (Wildman–Crippen LogP) is 4.85. The molecule has 0 fully saturated rings. The van der Waals surface area contributed by atoms with Gasteiger partial charge in [0.1, 0.15) is 11.5 Å². The van der Waals surface area contributed by atoms with Crippen molar-refractivity contribution in [3.8, 4) is 11.5 Å². The van der Waals surface area contributed by atoms with Crippen LogP contribution in [0.4, 0.5) is 5.69 Å². The van der Waals surface area contributed by atoms with Crippen LogP contribution in [-0.4, -0.2) is 44.8 Å². The number of carbonyl (C=O) groups is 2. The summed E-state index contributed by atoms with van der Waals surface area (Å²) in [5.74, 6) is -0.512. The highest BCUT2D eigenvalue weighted by molar-refractivity contribution is 7.89. The van der Waals surface area contributed by atoms with Crippen molar-refractivity contribution in [1.29, 1.82) is 0 Å². The maximum atomic E-state index is 12.8. The molecule has 0 bridgehead atoms. The summed E-state index contributed by atoms with van der Waals surface area (Å²) in [6, 6.07) is 16.8. The molecular formula is C25H25ClN2O6S. The molecule has 0 radical (unpaired) electrons. The molecule has 0 unspecified atom stereocenters. The van der Waals surface area contributed by atoms with Crippen molar-refractivity contribution in [3.63, 3.8) is 0 Å². The number of carbonyl (C=O) groups excluding carboxylic acids is 2. The largest absolute Gasteiger partial charge is 0.497 e. The number of halogens is 1. The highest BCUT2D eigenvalue weighted by atomic mass is 35.5. The summed E-state index contributed by atoms with van der Waals surface area (Å²) in [5.41, 5.74) is 0.697. The van der Waals surface area contributed by atoms with Gasteiger partial charge in [0.25, 0.3) is 5.91 Å². The fraction of sp³-hybridized carbons (Fsp3) is 0.200. The van der Waals surface area contributed by atoms with E-state index < -0.39 is 16.0 Å². The summed E-state index contributed by atoms with van der Waals surface area (Å²) in [6.45, 7) is 4.03. The van der Waals surface area contributed by atoms with E-state index in [4.69, 9.17) is 21.1 Å². The highest BCUT2D eigenvalue weighted by Crippen LogP contribution is 2.26. The number of nitrogens with one attached hydrogen (secondary N) is 1. The lowest BCUT2D eigenvalue weighted by Gasteiger charge is -2.19. The molecule has 0 spiro atoms. The van der Waals surface area contributed by atoms with Gasteiger partial charge in [0, 0.05) is 30.4 Å². The first-order valence-corrected chi connectivity index (χ1v) is 12.6. The van der Waals surface area contributed by atoms with Gasteiger partial charge in [0.05, 0.1) is 22.6 Å². The molecule has 10 heteroatoms. The minimum atomic E-state index is -3.79. The Morgan fingerprint density at radius 2 is 1.63 bits per heavy atom. The molecule has 0 aliphatic carbocycles. The average molecular weight is 517 g/mol. The van der Waals surface area contributed by atoms with Gasteiger partial charge < -0.3 is 14.8 Å². The fourth-order valence-corrected chi connectivity index (χ4v) is 4.98. The molecule has 0 aromatic heterocycles. The second-order valence-corrected chi connectivity index (χ2v) is 9.68. The monoisotopic (exact) mass is 516 g/mol. The molecule has 184 valence electrons. The maximum Gasteiger partial charge on any atom is 0.345 e. The summed E-state index contributed by atoms with van der Waals surface area (Å²) < 4.78 is 37.5. The second-order valence-electron chi connectivity index (χ2n) is 7.33. The molecule has 3 rings (SSSR count). The van der Waals surface area contributed by atoms with Crippen molar-refractivity contribution in [2.45, 2.75) is 18.7 Å². The van der Waals surface area contributed by atoms with Gasteiger partial charge in [-0.25, -0.2) is 13.2 Å². The van der Waals surface area contributed by atoms with Gasteiger partial charge in [0.15, 0.2) is 0 Å². The summed E-state index contributed by atoms with van der Waals surface area (Å²) >= 11 is 6.17. The van der Waals surface area contributed by atoms with E-state index in [0.717, 1.165) is 0 Å². The Morgan fingerprint density at radius 3 is 2.31 bits per heavy atom. The molecule has 3 aromatic rings. The summed E-state index contributed by atoms with van der Waals surface area (Å²) in [7, 11) is -2.28. The average Bonchev–Trinajstić information content (AvgIpc) is 2.85. The van der Waals surface area contributed by atoms with Crippen LogP contribution in [0.5, 0.6) is 11.5 Å². The Bertz CT molecular complexity index is 1340. The standard InChI is InChI=1S/C25H25ClN2O6S/c1-4-28(5-2)35(31,32)21-12-13-23(26)22(16-21)25(30)34-20-11-7-9-18(15-20)27-24(29)17-8-6-10-19(14-17)33-3/h6-16H,4-5H2,1-3H3,(H,27,29). The van der Waals surface area contributed by atoms with Crippen LogP contribution in [0.15, 0.2) is 71.6 Å². The smallest absolute Gasteiger partial charge is 0.345 e. The predicted molar refractivity (Wildman–Crippen MR) is 134 cm³/mol. The molecule has 35 heavy (non-hydrogen) atoms. The molecule has 0 aliphatic rings. The van der Waals surface area contributed by atoms with E-state index in [-0.39, 0.29) is 40.2 Å². The third-order valence-electron chi connectivity index (χ3n) is 5.14. The quantitative estimate of drug-likeness (QED) is 0.322. The van der Waals surface area contributed by atoms with Gasteiger partial charge in [-0.05, 0) is 48.5 Å². The van der Waals surface area contributed by atoms with E-state index in [0.29, 0.717) is 17.0 Å². The minimum Gasteiger partial charge on any atom is -0.497 e. The SMILES string of the molecule is CCN(CC)S(=O)(=O)c1ccc(Cl)c(C(=O)Oc2cccc(NC(=O)c3cccc(OC)c3)c2)c1. The third kappa shape index (κ3) is 6.19. The summed E-state index contributed by atoms with van der Waals surface area (Å²) in [5, 5.41) is 2.78. The second kappa shape index (κ2) is 11.4. The number of hydrogen-bond acceptors (Lipinski definition) is 6. The zero-order valence-electron chi connectivity index (χ0n) is 19.4. The fourth-order valence-electron chi connectivity index (χ4n) is 3.30. The van der Waals surface area contributed by atoms with Gasteiger partial charge in [-0.2, -0.15) is 4.31 Å². The first-order chi connectivity index (χ1) is 16.7. The lowest BCUT2D eigenvalue weighted by molar-refractivity contribution is 0.0734. The van der Waals surface area contributed by atoms with Crippen LogP contribution in [0.25, 0.3) is 0 Å². The van der Waals surface area contributed by atoms with Crippen LogP contribution < -0.4 is 14.8 Å². The Morgan fingerprint density at radius 1 is 0.943 bits per heavy atom. The van der Waals surface area contributed by atoms with Crippen molar-refractivity contribution >= 4 is 39.2 Å². The van der Waals surface area contributed by atoms with Crippen LogP contribution in [0.3, 0.4) is 0 Å². The Labute approximate surface area is 209 Å². The molecule has 8 nitrogen and oxygen atoms in total. The Balaban J connectivity index is 1.80. The highest BCUT2D eigenvalue weighted by Gasteiger charge is 2.24. The third-order valence-corrected chi connectivity index (χ3v) is 7.51. The number of esters is 1. The summed E-state index contributed by atoms with van der Waals surface area (Å²) in [6.07, 6.45) is 0. The zero-order chi connectivity index (χ0) is 25.6. The van der Waals surface area contributed by atoms with E-state index in [9.17, 15) is 18.0 Å². The van der Waals surface area contributed by atoms with Crippen LogP contribution in [0.1, 0.15) is 34.6 Å². The molecule has 3 aromatic carbocycles. The van der Waals surface area contributed by atoms with E-state index in [1.807, 2.05) is 0 Å². The lowest BCUT2D eigenvalue weighted by atomic mass is 10.2. The molecule has 0 saturated heterocycles. The maximum absolute atomic E-state index is 12.8. The summed E-state index contributed by atoms with van der Waals surface area (Å²) in [4.78, 5) is 25.3. The molecule has 0 heterocycles. The molecule has 0 atom stereocenters. The number of rotatable bonds is 9. The normalized spacial score (nSPS) is 11.2. The van der Waals surface area contributed by atoms with Crippen molar-refractivity contribution in [1.82, 2.24) is 4.31 Å². The van der Waals surface area contributed by atoms with Crippen LogP contribution in [0, 0.1) is 0 Å². The number of methoxy groups -OCH3 is 1. The van der Waals surface area contributed by atoms with Crippen molar-refractivity contribution in [2.24, 2.45) is 0 Å². The van der Waals surface area contributed by atoms with Gasteiger partial charge >= 0.3 is 5.97 Å². The topological polar surface area (TPSA) is 102 Å². The van der Waals surface area contributed by atoms with E-state index >= 15 is 0 Å². The van der Waals surface area contributed by atoms with Crippen molar-refractivity contribution in [2.75, 3.05) is 25.5 Å². The van der Waals surface area contributed by atoms with E-state index in [1.165, 1.54) is 41.7 Å². The number of ether oxygens (including phenoxy) is 2. The lowest BCUT2D eigenvalue weighted by Crippen LogP contribution is -2.30. The van der Waals surface area contributed by atoms with Gasteiger partial charge in [0.2, 0.25) is 10.0 Å². The number of nitrogens with zero attached hydrogens (tertiary/aromatic N) is 1. The first-order valence-electron chi connectivity index (χ1n) is 10.8. The number of benzene rings is 3. The number of anilines is 1. The van der Waals surface area contributed by atoms with Gasteiger partial charge in [-0.3, -0.25) is 4.79 Å². The molecule has 0 saturated carbocycles. The zero-order valence-corrected chi connectivity index (χ0v) is 21.0. The van der Waals surface area contributed by atoms with E-state index in [2.05, 4.69) is 5.32 Å². The molecule has 0 aliphatic heterocycles. The van der Waals surface area contributed by atoms with Gasteiger partial charge in [-0.1, -0.05) is 37.6 Å². The van der Waals surface area contributed by atoms with E-state index in [1.54, 1.807) is 50.2 Å². The number of amides is 1. The van der Waals surface area contributed by atoms with Crippen LogP contribution in [0.2, 0.25) is 5.02 Å². The minimum absolute atomic E-state index is 0.0518. The van der Waals surface area contributed by atoms with Gasteiger partial charge in [-0.15, -0.1) is 0 Å². The van der Waals surface area contributed by atoms with Crippen LogP contribution in [-0.2, 0) is 10.0 Å². The molecule has 1 N–H and O–H groups in total. The Kier molecular flexibility index (Phi) is 8.50.